The third kappa shape index (κ3) is 2.31. The Morgan fingerprint density at radius 3 is 2.58 bits per heavy atom. The summed E-state index contributed by atoms with van der Waals surface area (Å²) in [5, 5.41) is 0.555. The molecule has 5 aromatic rings. The van der Waals surface area contributed by atoms with Gasteiger partial charge in [-0.1, -0.05) is 42.5 Å². The summed E-state index contributed by atoms with van der Waals surface area (Å²) in [4.78, 5) is 17.3. The quantitative estimate of drug-likeness (QED) is 0.465. The standard InChI is InChI=1S/C22H14N2O2/c25-19-13-20(15-7-2-1-3-8-15)26-22-16(9-6-10-17(19)22)18-14-24-12-5-4-11-21(24)23-18/h1-14H. The Bertz CT molecular complexity index is 1270. The molecule has 0 N–H and O–H groups in total. The number of rotatable bonds is 2. The molecule has 124 valence electrons. The molecule has 0 aliphatic rings. The lowest BCUT2D eigenvalue weighted by molar-refractivity contribution is 0.620. The summed E-state index contributed by atoms with van der Waals surface area (Å²) in [5.41, 5.74) is 3.80. The first-order chi connectivity index (χ1) is 12.8. The van der Waals surface area contributed by atoms with E-state index in [0.29, 0.717) is 16.7 Å². The second-order valence-electron chi connectivity index (χ2n) is 6.12. The Labute approximate surface area is 149 Å². The van der Waals surface area contributed by atoms with Gasteiger partial charge in [0.2, 0.25) is 0 Å². The summed E-state index contributed by atoms with van der Waals surface area (Å²) in [7, 11) is 0. The number of benzene rings is 2. The van der Waals surface area contributed by atoms with Crippen LogP contribution >= 0.6 is 0 Å². The summed E-state index contributed by atoms with van der Waals surface area (Å²) in [6, 6.07) is 22.6. The van der Waals surface area contributed by atoms with Crippen molar-refractivity contribution in [3.8, 4) is 22.6 Å². The van der Waals surface area contributed by atoms with Crippen molar-refractivity contribution in [1.82, 2.24) is 9.38 Å². The summed E-state index contributed by atoms with van der Waals surface area (Å²) in [5.74, 6) is 0.555. The molecule has 2 aromatic carbocycles. The second kappa shape index (κ2) is 5.70. The molecular formula is C22H14N2O2. The highest BCUT2D eigenvalue weighted by Crippen LogP contribution is 2.30. The van der Waals surface area contributed by atoms with E-state index in [1.54, 1.807) is 12.1 Å². The first-order valence-electron chi connectivity index (χ1n) is 8.36. The third-order valence-corrected chi connectivity index (χ3v) is 4.45. The van der Waals surface area contributed by atoms with Crippen molar-refractivity contribution >= 4 is 16.6 Å². The molecule has 0 fully saturated rings. The average Bonchev–Trinajstić information content (AvgIpc) is 3.12. The van der Waals surface area contributed by atoms with Crippen LogP contribution in [0.4, 0.5) is 0 Å². The van der Waals surface area contributed by atoms with Gasteiger partial charge in [0.1, 0.15) is 17.0 Å². The molecule has 0 radical (unpaired) electrons. The van der Waals surface area contributed by atoms with Crippen molar-refractivity contribution in [2.45, 2.75) is 0 Å². The van der Waals surface area contributed by atoms with Crippen LogP contribution < -0.4 is 5.43 Å². The SMILES string of the molecule is O=c1cc(-c2ccccc2)oc2c(-c3cn4ccccc4n3)cccc12. The summed E-state index contributed by atoms with van der Waals surface area (Å²) in [6.07, 6.45) is 3.89. The van der Waals surface area contributed by atoms with E-state index < -0.39 is 0 Å². The van der Waals surface area contributed by atoms with Crippen molar-refractivity contribution in [2.24, 2.45) is 0 Å². The van der Waals surface area contributed by atoms with E-state index in [1.807, 2.05) is 77.5 Å². The van der Waals surface area contributed by atoms with Crippen molar-refractivity contribution in [3.05, 3.63) is 95.4 Å². The molecule has 5 rings (SSSR count). The van der Waals surface area contributed by atoms with Crippen molar-refractivity contribution in [1.29, 1.82) is 0 Å². The Hall–Kier alpha value is -3.66. The minimum Gasteiger partial charge on any atom is -0.455 e. The number of fused-ring (bicyclic) bond motifs is 2. The highest BCUT2D eigenvalue weighted by molar-refractivity contribution is 5.92. The molecule has 0 bridgehead atoms. The van der Waals surface area contributed by atoms with E-state index in [2.05, 4.69) is 4.98 Å². The van der Waals surface area contributed by atoms with Gasteiger partial charge >= 0.3 is 0 Å². The van der Waals surface area contributed by atoms with Crippen molar-refractivity contribution < 1.29 is 4.42 Å². The molecule has 0 aliphatic heterocycles. The Kier molecular flexibility index (Phi) is 3.22. The van der Waals surface area contributed by atoms with Crippen LogP contribution in [-0.2, 0) is 0 Å². The molecule has 3 aromatic heterocycles. The van der Waals surface area contributed by atoms with Crippen LogP contribution in [0.2, 0.25) is 0 Å². The normalized spacial score (nSPS) is 11.2. The van der Waals surface area contributed by atoms with Gasteiger partial charge in [-0.2, -0.15) is 0 Å². The van der Waals surface area contributed by atoms with Crippen LogP contribution in [-0.4, -0.2) is 9.38 Å². The maximum Gasteiger partial charge on any atom is 0.193 e. The smallest absolute Gasteiger partial charge is 0.193 e. The monoisotopic (exact) mass is 338 g/mol. The molecule has 0 atom stereocenters. The van der Waals surface area contributed by atoms with Gasteiger partial charge < -0.3 is 8.82 Å². The molecule has 0 saturated heterocycles. The largest absolute Gasteiger partial charge is 0.455 e. The predicted molar refractivity (Wildman–Crippen MR) is 102 cm³/mol. The van der Waals surface area contributed by atoms with Gasteiger partial charge in [-0.3, -0.25) is 4.79 Å². The maximum atomic E-state index is 12.6. The van der Waals surface area contributed by atoms with Gasteiger partial charge in [-0.15, -0.1) is 0 Å². The zero-order valence-corrected chi connectivity index (χ0v) is 13.8. The van der Waals surface area contributed by atoms with Gasteiger partial charge in [-0.25, -0.2) is 4.98 Å². The average molecular weight is 338 g/mol. The van der Waals surface area contributed by atoms with Crippen LogP contribution in [0.25, 0.3) is 39.2 Å². The van der Waals surface area contributed by atoms with E-state index >= 15 is 0 Å². The van der Waals surface area contributed by atoms with Crippen LogP contribution in [0.3, 0.4) is 0 Å². The van der Waals surface area contributed by atoms with Crippen LogP contribution in [0.5, 0.6) is 0 Å². The lowest BCUT2D eigenvalue weighted by Gasteiger charge is -2.06. The topological polar surface area (TPSA) is 47.5 Å². The molecule has 26 heavy (non-hydrogen) atoms. The molecule has 4 heteroatoms. The van der Waals surface area contributed by atoms with E-state index in [1.165, 1.54) is 0 Å². The minimum atomic E-state index is -0.0595. The number of aromatic nitrogens is 2. The summed E-state index contributed by atoms with van der Waals surface area (Å²) >= 11 is 0. The van der Waals surface area contributed by atoms with Crippen LogP contribution in [0.1, 0.15) is 0 Å². The van der Waals surface area contributed by atoms with Gasteiger partial charge in [0.15, 0.2) is 5.43 Å². The zero-order chi connectivity index (χ0) is 17.5. The molecular weight excluding hydrogens is 324 g/mol. The van der Waals surface area contributed by atoms with E-state index in [-0.39, 0.29) is 5.43 Å². The molecule has 0 amide bonds. The van der Waals surface area contributed by atoms with Gasteiger partial charge in [0.05, 0.1) is 11.1 Å². The third-order valence-electron chi connectivity index (χ3n) is 4.45. The Morgan fingerprint density at radius 1 is 0.885 bits per heavy atom. The highest BCUT2D eigenvalue weighted by Gasteiger charge is 2.14. The van der Waals surface area contributed by atoms with Gasteiger partial charge in [0.25, 0.3) is 0 Å². The van der Waals surface area contributed by atoms with Gasteiger partial charge in [0, 0.05) is 29.6 Å². The maximum absolute atomic E-state index is 12.6. The first kappa shape index (κ1) is 14.7. The molecule has 0 saturated carbocycles. The van der Waals surface area contributed by atoms with Crippen LogP contribution in [0.15, 0.2) is 94.4 Å². The number of pyridine rings is 1. The molecule has 0 unspecified atom stereocenters. The fourth-order valence-corrected chi connectivity index (χ4v) is 3.19. The Balaban J connectivity index is 1.80. The molecule has 3 heterocycles. The fourth-order valence-electron chi connectivity index (χ4n) is 3.19. The lowest BCUT2D eigenvalue weighted by atomic mass is 10.1. The van der Waals surface area contributed by atoms with Crippen molar-refractivity contribution in [3.63, 3.8) is 0 Å². The number of nitrogens with zero attached hydrogens (tertiary/aromatic N) is 2. The van der Waals surface area contributed by atoms with E-state index in [4.69, 9.17) is 4.42 Å². The number of hydrogen-bond donors (Lipinski definition) is 0. The first-order valence-corrected chi connectivity index (χ1v) is 8.36. The van der Waals surface area contributed by atoms with E-state index in [0.717, 1.165) is 22.5 Å². The number of hydrogen-bond acceptors (Lipinski definition) is 3. The molecule has 4 nitrogen and oxygen atoms in total. The minimum absolute atomic E-state index is 0.0595. The summed E-state index contributed by atoms with van der Waals surface area (Å²) < 4.78 is 8.11. The van der Waals surface area contributed by atoms with Gasteiger partial charge in [-0.05, 0) is 24.3 Å². The molecule has 0 spiro atoms. The van der Waals surface area contributed by atoms with Crippen molar-refractivity contribution in [2.75, 3.05) is 0 Å². The molecule has 0 aliphatic carbocycles. The second-order valence-corrected chi connectivity index (χ2v) is 6.12. The van der Waals surface area contributed by atoms with E-state index in [9.17, 15) is 4.79 Å². The number of imidazole rings is 1. The predicted octanol–water partition coefficient (Wildman–Crippen LogP) is 4.77. The lowest BCUT2D eigenvalue weighted by Crippen LogP contribution is -2.01. The highest BCUT2D eigenvalue weighted by atomic mass is 16.3. The zero-order valence-electron chi connectivity index (χ0n) is 13.8. The van der Waals surface area contributed by atoms with Crippen LogP contribution in [0, 0.1) is 0 Å². The number of para-hydroxylation sites is 1. The Morgan fingerprint density at radius 2 is 1.73 bits per heavy atom. The summed E-state index contributed by atoms with van der Waals surface area (Å²) in [6.45, 7) is 0. The fraction of sp³-hybridized carbons (Fsp3) is 0.